The van der Waals surface area contributed by atoms with Gasteiger partial charge in [0.1, 0.15) is 11.6 Å². The molecule has 0 fully saturated rings. The van der Waals surface area contributed by atoms with Gasteiger partial charge in [-0.1, -0.05) is 24.3 Å². The van der Waals surface area contributed by atoms with Crippen molar-refractivity contribution in [3.8, 4) is 5.75 Å². The lowest BCUT2D eigenvalue weighted by atomic mass is 10.1. The molecule has 12 heteroatoms. The van der Waals surface area contributed by atoms with Gasteiger partial charge in [-0.05, 0) is 35.9 Å². The Hall–Kier alpha value is -4.03. The molecule has 35 heavy (non-hydrogen) atoms. The molecule has 0 bridgehead atoms. The molecule has 3 rings (SSSR count). The molecule has 1 N–H and O–H groups in total. The van der Waals surface area contributed by atoms with Gasteiger partial charge in [0.15, 0.2) is 0 Å². The van der Waals surface area contributed by atoms with E-state index in [-0.39, 0.29) is 34.9 Å². The zero-order chi connectivity index (χ0) is 25.8. The fourth-order valence-electron chi connectivity index (χ4n) is 3.17. The number of nitrogens with zero attached hydrogens (tertiary/aromatic N) is 3. The van der Waals surface area contributed by atoms with Crippen LogP contribution in [0, 0.1) is 15.9 Å². The molecule has 0 atom stereocenters. The zero-order valence-corrected chi connectivity index (χ0v) is 20.0. The highest BCUT2D eigenvalue weighted by molar-refractivity contribution is 7.90. The van der Waals surface area contributed by atoms with Crippen molar-refractivity contribution < 1.29 is 27.3 Å². The van der Waals surface area contributed by atoms with Gasteiger partial charge < -0.3 is 10.1 Å². The van der Waals surface area contributed by atoms with Gasteiger partial charge in [-0.25, -0.2) is 4.39 Å². The van der Waals surface area contributed by atoms with Crippen LogP contribution in [0.3, 0.4) is 0 Å². The van der Waals surface area contributed by atoms with Gasteiger partial charge in [-0.2, -0.15) is 12.7 Å². The Morgan fingerprint density at radius 1 is 1.09 bits per heavy atom. The molecule has 0 saturated heterocycles. The molecule has 0 aliphatic heterocycles. The maximum absolute atomic E-state index is 14.4. The number of rotatable bonds is 9. The van der Waals surface area contributed by atoms with Crippen molar-refractivity contribution in [1.82, 2.24) is 4.31 Å². The van der Waals surface area contributed by atoms with Crippen molar-refractivity contribution in [3.63, 3.8) is 0 Å². The standard InChI is InChI=1S/C23H23FN4O6S/c1-26(2)35(32,33)27(21-7-5-4-6-19(21)24)15-16-8-10-17(11-9-16)23(29)25-20-14-18(28(30)31)12-13-22(20)34-3/h4-14H,15H2,1-3H3,(H,25,29). The van der Waals surface area contributed by atoms with Crippen molar-refractivity contribution in [3.05, 3.63) is 93.8 Å². The van der Waals surface area contributed by atoms with Gasteiger partial charge in [0, 0.05) is 31.8 Å². The van der Waals surface area contributed by atoms with E-state index in [2.05, 4.69) is 5.32 Å². The van der Waals surface area contributed by atoms with Crippen molar-refractivity contribution >= 4 is 33.2 Å². The van der Waals surface area contributed by atoms with E-state index in [1.165, 1.54) is 75.8 Å². The second kappa shape index (κ2) is 10.5. The average molecular weight is 503 g/mol. The van der Waals surface area contributed by atoms with Crippen LogP contribution < -0.4 is 14.4 Å². The average Bonchev–Trinajstić information content (AvgIpc) is 2.83. The topological polar surface area (TPSA) is 122 Å². The smallest absolute Gasteiger partial charge is 0.303 e. The number of amides is 1. The first-order valence-corrected chi connectivity index (χ1v) is 11.6. The SMILES string of the molecule is COc1ccc([N+](=O)[O-])cc1NC(=O)c1ccc(CN(c2ccccc2F)S(=O)(=O)N(C)C)cc1. The third kappa shape index (κ3) is 5.73. The number of methoxy groups -OCH3 is 1. The van der Waals surface area contributed by atoms with Crippen molar-refractivity contribution in [2.24, 2.45) is 0 Å². The lowest BCUT2D eigenvalue weighted by molar-refractivity contribution is -0.384. The predicted octanol–water partition coefficient (Wildman–Crippen LogP) is 3.81. The van der Waals surface area contributed by atoms with E-state index in [0.29, 0.717) is 5.56 Å². The van der Waals surface area contributed by atoms with Crippen LogP contribution in [0.2, 0.25) is 0 Å². The number of carbonyl (C=O) groups excluding carboxylic acids is 1. The zero-order valence-electron chi connectivity index (χ0n) is 19.1. The number of nitro benzene ring substituents is 1. The Balaban J connectivity index is 1.85. The summed E-state index contributed by atoms with van der Waals surface area (Å²) in [5, 5.41) is 13.6. The molecule has 0 aliphatic carbocycles. The molecule has 0 radical (unpaired) electrons. The maximum Gasteiger partial charge on any atom is 0.303 e. The minimum absolute atomic E-state index is 0.110. The highest BCUT2D eigenvalue weighted by atomic mass is 32.2. The largest absolute Gasteiger partial charge is 0.495 e. The summed E-state index contributed by atoms with van der Waals surface area (Å²) in [6, 6.07) is 15.4. The first kappa shape index (κ1) is 25.6. The normalized spacial score (nSPS) is 11.2. The summed E-state index contributed by atoms with van der Waals surface area (Å²) in [5.74, 6) is -1.00. The van der Waals surface area contributed by atoms with Crippen LogP contribution in [0.25, 0.3) is 0 Å². The van der Waals surface area contributed by atoms with Gasteiger partial charge >= 0.3 is 10.2 Å². The van der Waals surface area contributed by atoms with E-state index in [0.717, 1.165) is 8.61 Å². The highest BCUT2D eigenvalue weighted by Gasteiger charge is 2.27. The molecular weight excluding hydrogens is 479 g/mol. The number of non-ortho nitro benzene ring substituents is 1. The predicted molar refractivity (Wildman–Crippen MR) is 129 cm³/mol. The molecule has 0 aromatic heterocycles. The second-order valence-corrected chi connectivity index (χ2v) is 9.61. The van der Waals surface area contributed by atoms with Gasteiger partial charge in [0.25, 0.3) is 11.6 Å². The number of anilines is 2. The second-order valence-electron chi connectivity index (χ2n) is 7.54. The number of para-hydroxylation sites is 1. The number of benzene rings is 3. The van der Waals surface area contributed by atoms with Gasteiger partial charge in [0.2, 0.25) is 0 Å². The van der Waals surface area contributed by atoms with Gasteiger partial charge in [-0.3, -0.25) is 19.2 Å². The molecular formula is C23H23FN4O6S. The van der Waals surface area contributed by atoms with Gasteiger partial charge in [-0.15, -0.1) is 0 Å². The van der Waals surface area contributed by atoms with Crippen LogP contribution in [-0.4, -0.2) is 44.8 Å². The number of hydrogen-bond donors (Lipinski definition) is 1. The van der Waals surface area contributed by atoms with E-state index < -0.39 is 26.9 Å². The summed E-state index contributed by atoms with van der Waals surface area (Å²) in [4.78, 5) is 23.2. The Morgan fingerprint density at radius 3 is 2.31 bits per heavy atom. The minimum Gasteiger partial charge on any atom is -0.495 e. The van der Waals surface area contributed by atoms with Crippen molar-refractivity contribution in [1.29, 1.82) is 0 Å². The third-order valence-corrected chi connectivity index (χ3v) is 6.85. The lowest BCUT2D eigenvalue weighted by Gasteiger charge is -2.27. The van der Waals surface area contributed by atoms with Crippen molar-refractivity contribution in [2.45, 2.75) is 6.54 Å². The highest BCUT2D eigenvalue weighted by Crippen LogP contribution is 2.29. The summed E-state index contributed by atoms with van der Waals surface area (Å²) in [6.07, 6.45) is 0. The number of carbonyl (C=O) groups is 1. The minimum atomic E-state index is -4.02. The Labute approximate surface area is 201 Å². The number of ether oxygens (including phenoxy) is 1. The Kier molecular flexibility index (Phi) is 7.67. The fourth-order valence-corrected chi connectivity index (χ4v) is 4.27. The Bertz CT molecular complexity index is 1350. The van der Waals surface area contributed by atoms with E-state index in [1.807, 2.05) is 0 Å². The van der Waals surface area contributed by atoms with E-state index in [1.54, 1.807) is 12.1 Å². The molecule has 1 amide bonds. The maximum atomic E-state index is 14.4. The molecule has 10 nitrogen and oxygen atoms in total. The van der Waals surface area contributed by atoms with E-state index in [4.69, 9.17) is 4.74 Å². The number of nitrogens with one attached hydrogen (secondary N) is 1. The summed E-state index contributed by atoms with van der Waals surface area (Å²) in [7, 11) is 0.0416. The Morgan fingerprint density at radius 2 is 1.74 bits per heavy atom. The van der Waals surface area contributed by atoms with Crippen LogP contribution in [0.5, 0.6) is 5.75 Å². The molecule has 0 unspecified atom stereocenters. The summed E-state index contributed by atoms with van der Waals surface area (Å²) >= 11 is 0. The number of hydrogen-bond acceptors (Lipinski definition) is 6. The van der Waals surface area contributed by atoms with Gasteiger partial charge in [0.05, 0.1) is 30.0 Å². The molecule has 0 spiro atoms. The molecule has 0 heterocycles. The number of nitro groups is 1. The van der Waals surface area contributed by atoms with Crippen LogP contribution in [0.15, 0.2) is 66.7 Å². The van der Waals surface area contributed by atoms with E-state index in [9.17, 15) is 27.7 Å². The quantitative estimate of drug-likeness (QED) is 0.351. The first-order chi connectivity index (χ1) is 16.5. The molecule has 3 aromatic carbocycles. The first-order valence-electron chi connectivity index (χ1n) is 10.2. The summed E-state index contributed by atoms with van der Waals surface area (Å²) in [6.45, 7) is -0.179. The number of halogens is 1. The lowest BCUT2D eigenvalue weighted by Crippen LogP contribution is -2.40. The molecule has 184 valence electrons. The third-order valence-electron chi connectivity index (χ3n) is 5.05. The van der Waals surface area contributed by atoms with Crippen molar-refractivity contribution in [2.75, 3.05) is 30.8 Å². The van der Waals surface area contributed by atoms with Crippen LogP contribution in [0.1, 0.15) is 15.9 Å². The monoisotopic (exact) mass is 502 g/mol. The van der Waals surface area contributed by atoms with Crippen LogP contribution >= 0.6 is 0 Å². The van der Waals surface area contributed by atoms with Crippen LogP contribution in [-0.2, 0) is 16.8 Å². The van der Waals surface area contributed by atoms with Crippen LogP contribution in [0.4, 0.5) is 21.5 Å². The summed E-state index contributed by atoms with van der Waals surface area (Å²) in [5.41, 5.74) is 0.518. The molecule has 3 aromatic rings. The molecule has 0 aliphatic rings. The summed E-state index contributed by atoms with van der Waals surface area (Å²) < 4.78 is 47.2. The fraction of sp³-hybridized carbons (Fsp3) is 0.174. The van der Waals surface area contributed by atoms with E-state index >= 15 is 0 Å². The molecule has 0 saturated carbocycles.